The van der Waals surface area contributed by atoms with Crippen molar-refractivity contribution in [1.29, 1.82) is 0 Å². The highest BCUT2D eigenvalue weighted by Crippen LogP contribution is 2.10. The maximum absolute atomic E-state index is 3.56. The van der Waals surface area contributed by atoms with Crippen molar-refractivity contribution >= 4 is 12.4 Å². The lowest BCUT2D eigenvalue weighted by atomic mass is 9.98. The highest BCUT2D eigenvalue weighted by atomic mass is 35.5. The first-order valence-corrected chi connectivity index (χ1v) is 6.31. The number of rotatable bonds is 4. The standard InChI is InChI=1S/C14H22N2.ClH/c1-12-2-4-13(5-3-12)10-16-11-14-6-8-15-9-7-14;/h2-5,14-16H,6-11H2,1H3;1H. The Labute approximate surface area is 111 Å². The third-order valence-electron chi connectivity index (χ3n) is 3.34. The van der Waals surface area contributed by atoms with Crippen LogP contribution < -0.4 is 10.6 Å². The van der Waals surface area contributed by atoms with Crippen molar-refractivity contribution in [2.75, 3.05) is 19.6 Å². The fourth-order valence-corrected chi connectivity index (χ4v) is 2.21. The zero-order chi connectivity index (χ0) is 11.2. The van der Waals surface area contributed by atoms with Crippen molar-refractivity contribution in [2.24, 2.45) is 5.92 Å². The summed E-state index contributed by atoms with van der Waals surface area (Å²) >= 11 is 0. The van der Waals surface area contributed by atoms with Gasteiger partial charge in [-0.15, -0.1) is 12.4 Å². The molecule has 2 rings (SSSR count). The van der Waals surface area contributed by atoms with Crippen LogP contribution in [-0.4, -0.2) is 19.6 Å². The van der Waals surface area contributed by atoms with E-state index in [-0.39, 0.29) is 12.4 Å². The van der Waals surface area contributed by atoms with Gasteiger partial charge in [-0.3, -0.25) is 0 Å². The second kappa shape index (κ2) is 7.70. The van der Waals surface area contributed by atoms with E-state index in [1.165, 1.54) is 37.1 Å². The number of hydrogen-bond donors (Lipinski definition) is 2. The highest BCUT2D eigenvalue weighted by molar-refractivity contribution is 5.85. The molecule has 2 N–H and O–H groups in total. The van der Waals surface area contributed by atoms with Crippen LogP contribution in [0.15, 0.2) is 24.3 Å². The fraction of sp³-hybridized carbons (Fsp3) is 0.571. The average Bonchev–Trinajstić information content (AvgIpc) is 2.33. The molecule has 17 heavy (non-hydrogen) atoms. The normalized spacial score (nSPS) is 16.5. The molecule has 0 aromatic heterocycles. The number of nitrogens with one attached hydrogen (secondary N) is 2. The van der Waals surface area contributed by atoms with Gasteiger partial charge in [0.2, 0.25) is 0 Å². The molecule has 1 aromatic carbocycles. The minimum Gasteiger partial charge on any atom is -0.317 e. The van der Waals surface area contributed by atoms with Gasteiger partial charge in [0.05, 0.1) is 0 Å². The first-order valence-electron chi connectivity index (χ1n) is 6.31. The van der Waals surface area contributed by atoms with E-state index in [1.54, 1.807) is 0 Å². The molecule has 1 heterocycles. The summed E-state index contributed by atoms with van der Waals surface area (Å²) < 4.78 is 0. The van der Waals surface area contributed by atoms with Gasteiger partial charge in [-0.25, -0.2) is 0 Å². The van der Waals surface area contributed by atoms with Crippen LogP contribution in [-0.2, 0) is 6.54 Å². The Morgan fingerprint density at radius 1 is 1.18 bits per heavy atom. The van der Waals surface area contributed by atoms with Crippen LogP contribution in [0.1, 0.15) is 24.0 Å². The molecule has 0 aliphatic carbocycles. The van der Waals surface area contributed by atoms with Gasteiger partial charge >= 0.3 is 0 Å². The molecule has 0 spiro atoms. The quantitative estimate of drug-likeness (QED) is 0.863. The van der Waals surface area contributed by atoms with Gasteiger partial charge in [-0.1, -0.05) is 29.8 Å². The molecule has 3 heteroatoms. The summed E-state index contributed by atoms with van der Waals surface area (Å²) in [5, 5.41) is 6.96. The van der Waals surface area contributed by atoms with Gasteiger partial charge in [-0.2, -0.15) is 0 Å². The molecule has 1 fully saturated rings. The number of benzene rings is 1. The lowest BCUT2D eigenvalue weighted by molar-refractivity contribution is 0.356. The number of piperidine rings is 1. The first-order chi connectivity index (χ1) is 7.84. The van der Waals surface area contributed by atoms with E-state index in [4.69, 9.17) is 0 Å². The summed E-state index contributed by atoms with van der Waals surface area (Å²) in [5.74, 6) is 0.867. The monoisotopic (exact) mass is 254 g/mol. The van der Waals surface area contributed by atoms with Crippen LogP contribution in [0, 0.1) is 12.8 Å². The molecule has 2 nitrogen and oxygen atoms in total. The van der Waals surface area contributed by atoms with Crippen molar-refractivity contribution in [3.63, 3.8) is 0 Å². The third-order valence-corrected chi connectivity index (χ3v) is 3.34. The minimum absolute atomic E-state index is 0. The number of hydrogen-bond acceptors (Lipinski definition) is 2. The van der Waals surface area contributed by atoms with Crippen molar-refractivity contribution < 1.29 is 0 Å². The minimum atomic E-state index is 0. The summed E-state index contributed by atoms with van der Waals surface area (Å²) in [7, 11) is 0. The van der Waals surface area contributed by atoms with Gasteiger partial charge < -0.3 is 10.6 Å². The van der Waals surface area contributed by atoms with Gasteiger partial charge in [0.25, 0.3) is 0 Å². The van der Waals surface area contributed by atoms with E-state index in [9.17, 15) is 0 Å². The molecule has 0 atom stereocenters. The predicted molar refractivity (Wildman–Crippen MR) is 75.7 cm³/mol. The lowest BCUT2D eigenvalue weighted by Crippen LogP contribution is -2.33. The molecule has 1 saturated heterocycles. The van der Waals surface area contributed by atoms with Crippen LogP contribution in [0.2, 0.25) is 0 Å². The van der Waals surface area contributed by atoms with Gasteiger partial charge in [0.15, 0.2) is 0 Å². The van der Waals surface area contributed by atoms with Crippen molar-refractivity contribution in [2.45, 2.75) is 26.3 Å². The van der Waals surface area contributed by atoms with Crippen LogP contribution in [0.4, 0.5) is 0 Å². The van der Waals surface area contributed by atoms with Crippen LogP contribution in [0.3, 0.4) is 0 Å². The summed E-state index contributed by atoms with van der Waals surface area (Å²) in [6.45, 7) is 6.68. The van der Waals surface area contributed by atoms with E-state index >= 15 is 0 Å². The molecular formula is C14H23ClN2. The maximum Gasteiger partial charge on any atom is 0.0205 e. The average molecular weight is 255 g/mol. The SMILES string of the molecule is Cc1ccc(CNCC2CCNCC2)cc1.Cl. The molecular weight excluding hydrogens is 232 g/mol. The van der Waals surface area contributed by atoms with Gasteiger partial charge in [-0.05, 0) is 50.9 Å². The topological polar surface area (TPSA) is 24.1 Å². The fourth-order valence-electron chi connectivity index (χ4n) is 2.21. The second-order valence-corrected chi connectivity index (χ2v) is 4.81. The number of aryl methyl sites for hydroxylation is 1. The van der Waals surface area contributed by atoms with Crippen LogP contribution in [0.5, 0.6) is 0 Å². The first kappa shape index (κ1) is 14.5. The van der Waals surface area contributed by atoms with Crippen LogP contribution in [0.25, 0.3) is 0 Å². The van der Waals surface area contributed by atoms with E-state index in [0.29, 0.717) is 0 Å². The molecule has 0 bridgehead atoms. The summed E-state index contributed by atoms with van der Waals surface area (Å²) in [5.41, 5.74) is 2.72. The Morgan fingerprint density at radius 2 is 1.82 bits per heavy atom. The van der Waals surface area contributed by atoms with Gasteiger partial charge in [0.1, 0.15) is 0 Å². The Balaban J connectivity index is 0.00000144. The van der Waals surface area contributed by atoms with Crippen molar-refractivity contribution in [3.05, 3.63) is 35.4 Å². The molecule has 96 valence electrons. The van der Waals surface area contributed by atoms with E-state index < -0.39 is 0 Å². The molecule has 1 aliphatic heterocycles. The maximum atomic E-state index is 3.56. The predicted octanol–water partition coefficient (Wildman–Crippen LogP) is 2.51. The Morgan fingerprint density at radius 3 is 2.47 bits per heavy atom. The van der Waals surface area contributed by atoms with E-state index in [2.05, 4.69) is 41.8 Å². The Kier molecular flexibility index (Phi) is 6.56. The molecule has 0 saturated carbocycles. The van der Waals surface area contributed by atoms with Crippen molar-refractivity contribution in [3.8, 4) is 0 Å². The zero-order valence-electron chi connectivity index (χ0n) is 10.5. The summed E-state index contributed by atoms with van der Waals surface area (Å²) in [6, 6.07) is 8.79. The smallest absolute Gasteiger partial charge is 0.0205 e. The molecule has 0 unspecified atom stereocenters. The molecule has 0 amide bonds. The van der Waals surface area contributed by atoms with E-state index in [1.807, 2.05) is 0 Å². The third kappa shape index (κ3) is 5.07. The molecule has 1 aromatic rings. The largest absolute Gasteiger partial charge is 0.317 e. The zero-order valence-corrected chi connectivity index (χ0v) is 11.4. The molecule has 1 aliphatic rings. The van der Waals surface area contributed by atoms with Crippen LogP contribution >= 0.6 is 12.4 Å². The number of halogens is 1. The highest BCUT2D eigenvalue weighted by Gasteiger charge is 2.11. The van der Waals surface area contributed by atoms with Crippen molar-refractivity contribution in [1.82, 2.24) is 10.6 Å². The van der Waals surface area contributed by atoms with E-state index in [0.717, 1.165) is 19.0 Å². The summed E-state index contributed by atoms with van der Waals surface area (Å²) in [4.78, 5) is 0. The van der Waals surface area contributed by atoms with Gasteiger partial charge in [0, 0.05) is 6.54 Å². The lowest BCUT2D eigenvalue weighted by Gasteiger charge is -2.22. The summed E-state index contributed by atoms with van der Waals surface area (Å²) in [6.07, 6.45) is 2.64. The molecule has 0 radical (unpaired) electrons. The Bertz CT molecular complexity index is 305. The second-order valence-electron chi connectivity index (χ2n) is 4.81. The Hall–Kier alpha value is -0.570.